The minimum absolute atomic E-state index is 0.159. The molecule has 0 saturated heterocycles. The summed E-state index contributed by atoms with van der Waals surface area (Å²) < 4.78 is 16.4. The topological polar surface area (TPSA) is 85.6 Å². The molecule has 0 bridgehead atoms. The molecule has 0 spiro atoms. The van der Waals surface area contributed by atoms with Gasteiger partial charge in [-0.2, -0.15) is 0 Å². The van der Waals surface area contributed by atoms with Crippen LogP contribution in [0.25, 0.3) is 17.1 Å². The first-order valence-corrected chi connectivity index (χ1v) is 12.5. The van der Waals surface area contributed by atoms with Gasteiger partial charge >= 0.3 is 0 Å². The molecule has 4 rings (SSSR count). The standard InChI is InChI=1S/C23H23FN6OS2/c1-2-3-6-11-26-22(31)18-14-32-20(27-18)15-33-23-29-28-21(16-9-12-25-13-10-16)30(23)19-8-5-4-7-17(19)24/h4-5,7-10,12-14H,2-3,6,11,15H2,1H3,(H,26,31). The van der Waals surface area contributed by atoms with E-state index in [4.69, 9.17) is 0 Å². The predicted molar refractivity (Wildman–Crippen MR) is 128 cm³/mol. The van der Waals surface area contributed by atoms with E-state index in [1.165, 1.54) is 29.2 Å². The monoisotopic (exact) mass is 482 g/mol. The van der Waals surface area contributed by atoms with Crippen molar-refractivity contribution < 1.29 is 9.18 Å². The lowest BCUT2D eigenvalue weighted by Crippen LogP contribution is -2.24. The highest BCUT2D eigenvalue weighted by Crippen LogP contribution is 2.31. The van der Waals surface area contributed by atoms with E-state index in [2.05, 4.69) is 32.4 Å². The van der Waals surface area contributed by atoms with E-state index in [0.717, 1.165) is 29.8 Å². The Kier molecular flexibility index (Phi) is 7.79. The first-order valence-electron chi connectivity index (χ1n) is 10.6. The molecule has 1 amide bonds. The third kappa shape index (κ3) is 5.63. The van der Waals surface area contributed by atoms with E-state index in [-0.39, 0.29) is 11.7 Å². The minimum atomic E-state index is -0.370. The summed E-state index contributed by atoms with van der Waals surface area (Å²) in [5, 5.41) is 14.6. The maximum atomic E-state index is 14.7. The van der Waals surface area contributed by atoms with Crippen LogP contribution in [0, 0.1) is 5.82 Å². The number of hydrogen-bond donors (Lipinski definition) is 1. The van der Waals surface area contributed by atoms with Crippen LogP contribution >= 0.6 is 23.1 Å². The Balaban J connectivity index is 1.53. The first kappa shape index (κ1) is 23.1. The van der Waals surface area contributed by atoms with Crippen molar-refractivity contribution in [1.82, 2.24) is 30.0 Å². The number of amides is 1. The normalized spacial score (nSPS) is 11.0. The summed E-state index contributed by atoms with van der Waals surface area (Å²) in [6.07, 6.45) is 6.47. The number of hydrogen-bond acceptors (Lipinski definition) is 7. The van der Waals surface area contributed by atoms with Gasteiger partial charge in [0.15, 0.2) is 11.0 Å². The molecule has 0 saturated carbocycles. The Morgan fingerprint density at radius 1 is 1.15 bits per heavy atom. The molecule has 170 valence electrons. The Morgan fingerprint density at radius 3 is 2.76 bits per heavy atom. The minimum Gasteiger partial charge on any atom is -0.351 e. The molecule has 7 nitrogen and oxygen atoms in total. The summed E-state index contributed by atoms with van der Waals surface area (Å²) in [4.78, 5) is 20.8. The highest BCUT2D eigenvalue weighted by atomic mass is 32.2. The molecule has 10 heteroatoms. The number of benzene rings is 1. The van der Waals surface area contributed by atoms with Gasteiger partial charge in [-0.25, -0.2) is 9.37 Å². The quantitative estimate of drug-likeness (QED) is 0.249. The SMILES string of the molecule is CCCCCNC(=O)c1csc(CSc2nnc(-c3ccncc3)n2-c2ccccc2F)n1. The molecule has 1 N–H and O–H groups in total. The van der Waals surface area contributed by atoms with Gasteiger partial charge < -0.3 is 5.32 Å². The van der Waals surface area contributed by atoms with Crippen molar-refractivity contribution in [2.75, 3.05) is 6.54 Å². The van der Waals surface area contributed by atoms with Crippen molar-refractivity contribution in [2.24, 2.45) is 0 Å². The molecular weight excluding hydrogens is 459 g/mol. The zero-order valence-electron chi connectivity index (χ0n) is 18.1. The number of nitrogens with one attached hydrogen (secondary N) is 1. The fourth-order valence-electron chi connectivity index (χ4n) is 3.18. The second-order valence-electron chi connectivity index (χ2n) is 7.21. The van der Waals surface area contributed by atoms with Crippen molar-refractivity contribution in [2.45, 2.75) is 37.1 Å². The maximum Gasteiger partial charge on any atom is 0.270 e. The average molecular weight is 483 g/mol. The molecule has 0 aliphatic rings. The van der Waals surface area contributed by atoms with Crippen LogP contribution in [0.4, 0.5) is 4.39 Å². The molecule has 0 unspecified atom stereocenters. The third-order valence-electron chi connectivity index (χ3n) is 4.84. The molecule has 3 aromatic heterocycles. The van der Waals surface area contributed by atoms with Gasteiger partial charge in [0.2, 0.25) is 0 Å². The summed E-state index contributed by atoms with van der Waals surface area (Å²) in [6.45, 7) is 2.77. The van der Waals surface area contributed by atoms with Gasteiger partial charge in [0.1, 0.15) is 16.5 Å². The van der Waals surface area contributed by atoms with Gasteiger partial charge in [-0.3, -0.25) is 14.3 Å². The molecule has 3 heterocycles. The van der Waals surface area contributed by atoms with Crippen LogP contribution in [-0.4, -0.2) is 37.2 Å². The van der Waals surface area contributed by atoms with Crippen molar-refractivity contribution >= 4 is 29.0 Å². The summed E-state index contributed by atoms with van der Waals surface area (Å²) in [5.74, 6) is 0.478. The number of aromatic nitrogens is 5. The Bertz CT molecular complexity index is 1210. The van der Waals surface area contributed by atoms with Crippen molar-refractivity contribution in [3.63, 3.8) is 0 Å². The second-order valence-corrected chi connectivity index (χ2v) is 9.09. The number of para-hydroxylation sites is 1. The van der Waals surface area contributed by atoms with Gasteiger partial charge in [0.05, 0.1) is 11.4 Å². The maximum absolute atomic E-state index is 14.7. The highest BCUT2D eigenvalue weighted by molar-refractivity contribution is 7.98. The number of thioether (sulfide) groups is 1. The van der Waals surface area contributed by atoms with E-state index >= 15 is 0 Å². The highest BCUT2D eigenvalue weighted by Gasteiger charge is 2.19. The van der Waals surface area contributed by atoms with Crippen LogP contribution in [0.5, 0.6) is 0 Å². The molecule has 4 aromatic rings. The zero-order chi connectivity index (χ0) is 23.0. The van der Waals surface area contributed by atoms with Gasteiger partial charge in [0, 0.05) is 29.9 Å². The smallest absolute Gasteiger partial charge is 0.270 e. The van der Waals surface area contributed by atoms with Crippen molar-refractivity contribution in [1.29, 1.82) is 0 Å². The number of halogens is 1. The Morgan fingerprint density at radius 2 is 1.97 bits per heavy atom. The zero-order valence-corrected chi connectivity index (χ0v) is 19.7. The molecular formula is C23H23FN6OS2. The van der Waals surface area contributed by atoms with Crippen molar-refractivity contribution in [3.05, 3.63) is 70.7 Å². The number of carbonyl (C=O) groups excluding carboxylic acids is 1. The van der Waals surface area contributed by atoms with Crippen LogP contribution in [0.15, 0.2) is 59.3 Å². The van der Waals surface area contributed by atoms with E-state index in [0.29, 0.717) is 34.7 Å². The number of pyridine rings is 1. The average Bonchev–Trinajstić information content (AvgIpc) is 3.49. The Hall–Kier alpha value is -3.11. The summed E-state index contributed by atoms with van der Waals surface area (Å²) >= 11 is 2.81. The van der Waals surface area contributed by atoms with E-state index < -0.39 is 0 Å². The number of thiazole rings is 1. The molecule has 0 fully saturated rings. The number of nitrogens with zero attached hydrogens (tertiary/aromatic N) is 5. The lowest BCUT2D eigenvalue weighted by atomic mass is 10.2. The Labute approximate surface area is 199 Å². The van der Waals surface area contributed by atoms with Crippen molar-refractivity contribution in [3.8, 4) is 17.1 Å². The molecule has 0 radical (unpaired) electrons. The fraction of sp³-hybridized carbons (Fsp3) is 0.261. The van der Waals surface area contributed by atoms with Gasteiger partial charge in [-0.1, -0.05) is 43.7 Å². The summed E-state index contributed by atoms with van der Waals surface area (Å²) in [7, 11) is 0. The van der Waals surface area contributed by atoms with Gasteiger partial charge in [-0.15, -0.1) is 21.5 Å². The van der Waals surface area contributed by atoms with Crippen LogP contribution in [0.2, 0.25) is 0 Å². The molecule has 1 aromatic carbocycles. The first-order chi connectivity index (χ1) is 16.2. The van der Waals surface area contributed by atoms with E-state index in [1.54, 1.807) is 40.5 Å². The number of rotatable bonds is 10. The molecule has 0 aliphatic heterocycles. The van der Waals surface area contributed by atoms with Crippen LogP contribution in [0.1, 0.15) is 41.7 Å². The van der Waals surface area contributed by atoms with Crippen LogP contribution < -0.4 is 5.32 Å². The fourth-order valence-corrected chi connectivity index (χ4v) is 4.91. The number of unbranched alkanes of at least 4 members (excludes halogenated alkanes) is 2. The molecule has 0 aliphatic carbocycles. The summed E-state index contributed by atoms with van der Waals surface area (Å²) in [6, 6.07) is 10.1. The van der Waals surface area contributed by atoms with Gasteiger partial charge in [-0.05, 0) is 30.7 Å². The largest absolute Gasteiger partial charge is 0.351 e. The third-order valence-corrected chi connectivity index (χ3v) is 6.81. The molecule has 0 atom stereocenters. The van der Waals surface area contributed by atoms with Crippen LogP contribution in [0.3, 0.4) is 0 Å². The molecule has 33 heavy (non-hydrogen) atoms. The predicted octanol–water partition coefficient (Wildman–Crippen LogP) is 5.14. The number of carbonyl (C=O) groups is 1. The second kappa shape index (κ2) is 11.2. The van der Waals surface area contributed by atoms with Gasteiger partial charge in [0.25, 0.3) is 5.91 Å². The van der Waals surface area contributed by atoms with E-state index in [1.807, 2.05) is 12.1 Å². The van der Waals surface area contributed by atoms with Crippen LogP contribution in [-0.2, 0) is 5.75 Å². The summed E-state index contributed by atoms with van der Waals surface area (Å²) in [5.41, 5.74) is 1.56. The van der Waals surface area contributed by atoms with E-state index in [9.17, 15) is 9.18 Å². The lowest BCUT2D eigenvalue weighted by Gasteiger charge is -2.10. The lowest BCUT2D eigenvalue weighted by molar-refractivity contribution is 0.0948.